The van der Waals surface area contributed by atoms with Gasteiger partial charge in [-0.15, -0.1) is 0 Å². The Balaban J connectivity index is 2.13. The number of nitrogens with one attached hydrogen (secondary N) is 2. The minimum Gasteiger partial charge on any atom is -0.396 e. The van der Waals surface area contributed by atoms with Crippen LogP contribution in [0.2, 0.25) is 0 Å². The molecular weight excluding hydrogens is 225 g/mol. The molecule has 0 saturated heterocycles. The number of rotatable bonds is 2. The van der Waals surface area contributed by atoms with E-state index in [0.29, 0.717) is 0 Å². The minimum absolute atomic E-state index is 0.0236. The molecule has 0 radical (unpaired) electrons. The van der Waals surface area contributed by atoms with Gasteiger partial charge in [0.15, 0.2) is 0 Å². The number of nitrogens with two attached hydrogens (primary N) is 1. The zero-order valence-electron chi connectivity index (χ0n) is 8.06. The number of aromatic amines is 1. The summed E-state index contributed by atoms with van der Waals surface area (Å²) in [5.41, 5.74) is 3.15. The molecule has 1 saturated carbocycles. The van der Waals surface area contributed by atoms with E-state index in [4.69, 9.17) is 5.73 Å². The van der Waals surface area contributed by atoms with E-state index in [1.165, 1.54) is 6.20 Å². The maximum Gasteiger partial charge on any atom is 0.411 e. The van der Waals surface area contributed by atoms with E-state index in [-0.39, 0.29) is 24.2 Å². The number of nitrogen functional groups attached to an aromatic ring is 1. The van der Waals surface area contributed by atoms with Gasteiger partial charge in [0.25, 0.3) is 5.91 Å². The van der Waals surface area contributed by atoms with Gasteiger partial charge in [-0.3, -0.25) is 9.89 Å². The smallest absolute Gasteiger partial charge is 0.396 e. The Bertz CT molecular complexity index is 421. The van der Waals surface area contributed by atoms with Crippen molar-refractivity contribution >= 4 is 11.6 Å². The lowest BCUT2D eigenvalue weighted by Crippen LogP contribution is -2.48. The fourth-order valence-electron chi connectivity index (χ4n) is 1.36. The summed E-state index contributed by atoms with van der Waals surface area (Å²) in [5.74, 6) is -0.884. The fraction of sp³-hybridized carbons (Fsp3) is 0.500. The molecule has 0 unspecified atom stereocenters. The second-order valence-electron chi connectivity index (χ2n) is 3.73. The highest BCUT2D eigenvalue weighted by atomic mass is 19.4. The van der Waals surface area contributed by atoms with Crippen LogP contribution < -0.4 is 11.1 Å². The topological polar surface area (TPSA) is 83.8 Å². The van der Waals surface area contributed by atoms with Crippen LogP contribution in [-0.4, -0.2) is 27.8 Å². The molecule has 0 spiro atoms. The molecule has 1 aromatic rings. The van der Waals surface area contributed by atoms with Gasteiger partial charge in [0.2, 0.25) is 0 Å². The largest absolute Gasteiger partial charge is 0.411 e. The molecule has 8 heteroatoms. The van der Waals surface area contributed by atoms with Crippen LogP contribution in [0.4, 0.5) is 18.9 Å². The Morgan fingerprint density at radius 1 is 1.56 bits per heavy atom. The van der Waals surface area contributed by atoms with E-state index in [1.54, 1.807) is 0 Å². The molecule has 1 amide bonds. The first kappa shape index (κ1) is 10.8. The van der Waals surface area contributed by atoms with Crippen LogP contribution in [0.3, 0.4) is 0 Å². The molecule has 1 aliphatic rings. The summed E-state index contributed by atoms with van der Waals surface area (Å²) in [6.07, 6.45) is -3.47. The van der Waals surface area contributed by atoms with Gasteiger partial charge in [-0.25, -0.2) is 0 Å². The molecule has 88 valence electrons. The van der Waals surface area contributed by atoms with Crippen LogP contribution in [-0.2, 0) is 0 Å². The number of halogens is 3. The monoisotopic (exact) mass is 234 g/mol. The minimum atomic E-state index is -4.43. The Morgan fingerprint density at radius 2 is 2.19 bits per heavy atom. The van der Waals surface area contributed by atoms with Gasteiger partial charge in [0.1, 0.15) is 11.2 Å². The first-order valence-corrected chi connectivity index (χ1v) is 4.54. The van der Waals surface area contributed by atoms with Gasteiger partial charge in [-0.05, 0) is 12.8 Å². The Labute approximate surface area is 88.2 Å². The molecule has 0 aliphatic heterocycles. The number of anilines is 1. The first-order chi connectivity index (χ1) is 7.36. The lowest BCUT2D eigenvalue weighted by molar-refractivity contribution is -0.163. The number of H-pyrrole nitrogens is 1. The summed E-state index contributed by atoms with van der Waals surface area (Å²) >= 11 is 0. The number of hydrogen-bond donors (Lipinski definition) is 3. The third-order valence-corrected chi connectivity index (χ3v) is 2.54. The van der Waals surface area contributed by atoms with Crippen LogP contribution >= 0.6 is 0 Å². The van der Waals surface area contributed by atoms with Gasteiger partial charge in [0.05, 0.1) is 11.9 Å². The molecule has 1 heterocycles. The van der Waals surface area contributed by atoms with Gasteiger partial charge < -0.3 is 11.1 Å². The van der Waals surface area contributed by atoms with Gasteiger partial charge in [-0.1, -0.05) is 0 Å². The zero-order valence-corrected chi connectivity index (χ0v) is 8.06. The van der Waals surface area contributed by atoms with Crippen molar-refractivity contribution in [2.45, 2.75) is 24.6 Å². The van der Waals surface area contributed by atoms with Crippen LogP contribution in [0.1, 0.15) is 23.3 Å². The first-order valence-electron chi connectivity index (χ1n) is 4.54. The normalized spacial score (nSPS) is 18.2. The summed E-state index contributed by atoms with van der Waals surface area (Å²) in [6.45, 7) is 0. The lowest BCUT2D eigenvalue weighted by Gasteiger charge is -2.20. The lowest BCUT2D eigenvalue weighted by atomic mass is 10.2. The predicted octanol–water partition coefficient (Wildman–Crippen LogP) is 0.817. The summed E-state index contributed by atoms with van der Waals surface area (Å²) in [4.78, 5) is 11.5. The van der Waals surface area contributed by atoms with Crippen molar-refractivity contribution in [2.24, 2.45) is 0 Å². The maximum atomic E-state index is 12.5. The van der Waals surface area contributed by atoms with Crippen molar-refractivity contribution in [3.8, 4) is 0 Å². The molecule has 0 atom stereocenters. The van der Waals surface area contributed by atoms with Gasteiger partial charge in [-0.2, -0.15) is 18.3 Å². The fourth-order valence-corrected chi connectivity index (χ4v) is 1.36. The molecule has 2 rings (SSSR count). The van der Waals surface area contributed by atoms with E-state index in [2.05, 4.69) is 10.2 Å². The molecule has 4 N–H and O–H groups in total. The van der Waals surface area contributed by atoms with Crippen molar-refractivity contribution in [3.05, 3.63) is 11.9 Å². The number of aromatic nitrogens is 2. The molecule has 1 aliphatic carbocycles. The average Bonchev–Trinajstić information content (AvgIpc) is 2.81. The third-order valence-electron chi connectivity index (χ3n) is 2.54. The van der Waals surface area contributed by atoms with Gasteiger partial charge >= 0.3 is 6.18 Å². The van der Waals surface area contributed by atoms with E-state index in [1.807, 2.05) is 5.32 Å². The molecule has 16 heavy (non-hydrogen) atoms. The molecule has 0 aromatic carbocycles. The van der Waals surface area contributed by atoms with Crippen LogP contribution in [0, 0.1) is 0 Å². The number of nitrogens with zero attached hydrogens (tertiary/aromatic N) is 1. The molecule has 1 aromatic heterocycles. The SMILES string of the molecule is Nc1cn[nH]c1C(=O)NC1(C(F)(F)F)CC1. The van der Waals surface area contributed by atoms with Crippen molar-refractivity contribution in [3.63, 3.8) is 0 Å². The number of alkyl halides is 3. The van der Waals surface area contributed by atoms with E-state index in [0.717, 1.165) is 0 Å². The van der Waals surface area contributed by atoms with Crippen molar-refractivity contribution < 1.29 is 18.0 Å². The second kappa shape index (κ2) is 3.13. The van der Waals surface area contributed by atoms with E-state index in [9.17, 15) is 18.0 Å². The Kier molecular flexibility index (Phi) is 2.11. The van der Waals surface area contributed by atoms with Crippen LogP contribution in [0.15, 0.2) is 6.20 Å². The number of hydrogen-bond acceptors (Lipinski definition) is 3. The predicted molar refractivity (Wildman–Crippen MR) is 48.5 cm³/mol. The average molecular weight is 234 g/mol. The highest BCUT2D eigenvalue weighted by molar-refractivity contribution is 5.97. The highest BCUT2D eigenvalue weighted by Gasteiger charge is 2.64. The van der Waals surface area contributed by atoms with Crippen LogP contribution in [0.25, 0.3) is 0 Å². The third kappa shape index (κ3) is 1.59. The number of carbonyl (C=O) groups excluding carboxylic acids is 1. The highest BCUT2D eigenvalue weighted by Crippen LogP contribution is 2.49. The van der Waals surface area contributed by atoms with Crippen molar-refractivity contribution in [2.75, 3.05) is 5.73 Å². The second-order valence-corrected chi connectivity index (χ2v) is 3.73. The van der Waals surface area contributed by atoms with E-state index < -0.39 is 17.6 Å². The number of carbonyl (C=O) groups is 1. The summed E-state index contributed by atoms with van der Waals surface area (Å²) in [6, 6.07) is 0. The summed E-state index contributed by atoms with van der Waals surface area (Å²) < 4.78 is 37.6. The zero-order chi connectivity index (χ0) is 12.0. The molecular formula is C8H9F3N4O. The summed E-state index contributed by atoms with van der Waals surface area (Å²) in [5, 5.41) is 7.65. The Hall–Kier alpha value is -1.73. The standard InChI is InChI=1S/C8H9F3N4O/c9-8(10,11)7(1-2-7)14-6(16)5-4(12)3-13-15-5/h3H,1-2,12H2,(H,13,15)(H,14,16). The van der Waals surface area contributed by atoms with Gasteiger partial charge in [0, 0.05) is 0 Å². The Morgan fingerprint density at radius 3 is 2.56 bits per heavy atom. The van der Waals surface area contributed by atoms with Crippen LogP contribution in [0.5, 0.6) is 0 Å². The quantitative estimate of drug-likeness (QED) is 0.708. The molecule has 1 fully saturated rings. The van der Waals surface area contributed by atoms with Crippen molar-refractivity contribution in [1.29, 1.82) is 0 Å². The summed E-state index contributed by atoms with van der Waals surface area (Å²) in [7, 11) is 0. The molecule has 5 nitrogen and oxygen atoms in total. The van der Waals surface area contributed by atoms with Crippen molar-refractivity contribution in [1.82, 2.24) is 15.5 Å². The number of amides is 1. The molecule has 0 bridgehead atoms. The van der Waals surface area contributed by atoms with E-state index >= 15 is 0 Å². The maximum absolute atomic E-state index is 12.5.